The molecule has 1 N–H and O–H groups in total. The summed E-state index contributed by atoms with van der Waals surface area (Å²) >= 11 is 0. The third-order valence-corrected chi connectivity index (χ3v) is 3.35. The first kappa shape index (κ1) is 15.6. The molecule has 1 aromatic heterocycles. The molecular formula is C18H24N2O. The molecule has 0 aliphatic carbocycles. The quantitative estimate of drug-likeness (QED) is 0.853. The van der Waals surface area contributed by atoms with E-state index in [9.17, 15) is 0 Å². The SMILES string of the molecule is C#CCN(C)Cc1oc2ccccc2c1CNC(C)(C)C. The van der Waals surface area contributed by atoms with Crippen molar-refractivity contribution >= 4 is 11.0 Å². The molecule has 3 nitrogen and oxygen atoms in total. The standard InChI is InChI=1S/C18H24N2O/c1-6-11-20(5)13-17-15(12-19-18(2,3)4)14-9-7-8-10-16(14)21-17/h1,7-10,19H,11-13H2,2-5H3. The summed E-state index contributed by atoms with van der Waals surface area (Å²) in [6.07, 6.45) is 5.38. The summed E-state index contributed by atoms with van der Waals surface area (Å²) in [6, 6.07) is 8.18. The van der Waals surface area contributed by atoms with Gasteiger partial charge in [-0.3, -0.25) is 4.90 Å². The lowest BCUT2D eigenvalue weighted by Crippen LogP contribution is -2.35. The number of nitrogens with zero attached hydrogens (tertiary/aromatic N) is 1. The smallest absolute Gasteiger partial charge is 0.134 e. The Hall–Kier alpha value is -1.76. The fraction of sp³-hybridized carbons (Fsp3) is 0.444. The van der Waals surface area contributed by atoms with E-state index in [1.54, 1.807) is 0 Å². The molecule has 0 fully saturated rings. The number of fused-ring (bicyclic) bond motifs is 1. The van der Waals surface area contributed by atoms with Gasteiger partial charge >= 0.3 is 0 Å². The summed E-state index contributed by atoms with van der Waals surface area (Å²) in [5.74, 6) is 3.66. The van der Waals surface area contributed by atoms with Gasteiger partial charge in [-0.05, 0) is 33.9 Å². The van der Waals surface area contributed by atoms with Gasteiger partial charge in [-0.1, -0.05) is 24.1 Å². The van der Waals surface area contributed by atoms with Gasteiger partial charge in [0.25, 0.3) is 0 Å². The van der Waals surface area contributed by atoms with Crippen LogP contribution in [0.1, 0.15) is 32.1 Å². The molecule has 0 radical (unpaired) electrons. The Labute approximate surface area is 127 Å². The Bertz CT molecular complexity index is 643. The molecule has 0 aliphatic rings. The number of hydrogen-bond donors (Lipinski definition) is 1. The summed E-state index contributed by atoms with van der Waals surface area (Å²) in [5, 5.41) is 4.72. The predicted octanol–water partition coefficient (Wildman–Crippen LogP) is 3.39. The Kier molecular flexibility index (Phi) is 4.72. The zero-order valence-electron chi connectivity index (χ0n) is 13.4. The lowest BCUT2D eigenvalue weighted by Gasteiger charge is -2.21. The second-order valence-corrected chi connectivity index (χ2v) is 6.48. The summed E-state index contributed by atoms with van der Waals surface area (Å²) < 4.78 is 6.03. The van der Waals surface area contributed by atoms with Gasteiger partial charge in [0.15, 0.2) is 0 Å². The van der Waals surface area contributed by atoms with Crippen LogP contribution >= 0.6 is 0 Å². The highest BCUT2D eigenvalue weighted by atomic mass is 16.3. The molecular weight excluding hydrogens is 260 g/mol. The Balaban J connectivity index is 2.32. The van der Waals surface area contributed by atoms with Crippen molar-refractivity contribution in [3.63, 3.8) is 0 Å². The maximum Gasteiger partial charge on any atom is 0.134 e. The fourth-order valence-electron chi connectivity index (χ4n) is 2.28. The Morgan fingerprint density at radius 3 is 2.67 bits per heavy atom. The number of terminal acetylenes is 1. The van der Waals surface area contributed by atoms with Gasteiger partial charge in [0.1, 0.15) is 11.3 Å². The highest BCUT2D eigenvalue weighted by molar-refractivity contribution is 5.82. The van der Waals surface area contributed by atoms with Crippen molar-refractivity contribution in [3.8, 4) is 12.3 Å². The first-order valence-electron chi connectivity index (χ1n) is 7.27. The summed E-state index contributed by atoms with van der Waals surface area (Å²) in [6.45, 7) is 8.63. The maximum absolute atomic E-state index is 6.03. The highest BCUT2D eigenvalue weighted by Crippen LogP contribution is 2.27. The molecule has 2 aromatic rings. The average molecular weight is 284 g/mol. The van der Waals surface area contributed by atoms with Crippen LogP contribution in [0.4, 0.5) is 0 Å². The van der Waals surface area contributed by atoms with E-state index < -0.39 is 0 Å². The zero-order chi connectivity index (χ0) is 15.5. The molecule has 0 saturated heterocycles. The molecule has 0 bridgehead atoms. The predicted molar refractivity (Wildman–Crippen MR) is 88.0 cm³/mol. The summed E-state index contributed by atoms with van der Waals surface area (Å²) in [4.78, 5) is 2.08. The molecule has 3 heteroatoms. The van der Waals surface area contributed by atoms with Gasteiger partial charge in [-0.2, -0.15) is 0 Å². The van der Waals surface area contributed by atoms with E-state index in [2.05, 4.69) is 43.0 Å². The van der Waals surface area contributed by atoms with Crippen LogP contribution in [-0.2, 0) is 13.1 Å². The third-order valence-electron chi connectivity index (χ3n) is 3.35. The summed E-state index contributed by atoms with van der Waals surface area (Å²) in [7, 11) is 2.01. The molecule has 0 unspecified atom stereocenters. The van der Waals surface area contributed by atoms with Crippen LogP contribution in [0, 0.1) is 12.3 Å². The minimum absolute atomic E-state index is 0.0698. The zero-order valence-corrected chi connectivity index (χ0v) is 13.4. The van der Waals surface area contributed by atoms with Crippen LogP contribution in [0.2, 0.25) is 0 Å². The van der Waals surface area contributed by atoms with E-state index in [1.807, 2.05) is 25.2 Å². The average Bonchev–Trinajstić information content (AvgIpc) is 2.73. The number of furan rings is 1. The molecule has 0 atom stereocenters. The van der Waals surface area contributed by atoms with Crippen LogP contribution in [0.5, 0.6) is 0 Å². The first-order valence-corrected chi connectivity index (χ1v) is 7.27. The van der Waals surface area contributed by atoms with E-state index in [0.29, 0.717) is 6.54 Å². The van der Waals surface area contributed by atoms with Crippen molar-refractivity contribution in [1.29, 1.82) is 0 Å². The van der Waals surface area contributed by atoms with E-state index in [-0.39, 0.29) is 5.54 Å². The van der Waals surface area contributed by atoms with E-state index in [4.69, 9.17) is 10.8 Å². The van der Waals surface area contributed by atoms with Crippen LogP contribution < -0.4 is 5.32 Å². The van der Waals surface area contributed by atoms with E-state index in [0.717, 1.165) is 24.4 Å². The molecule has 0 saturated carbocycles. The second-order valence-electron chi connectivity index (χ2n) is 6.48. The number of hydrogen-bond acceptors (Lipinski definition) is 3. The number of nitrogens with one attached hydrogen (secondary N) is 1. The van der Waals surface area contributed by atoms with Crippen molar-refractivity contribution in [1.82, 2.24) is 10.2 Å². The number of benzene rings is 1. The Morgan fingerprint density at radius 1 is 1.29 bits per heavy atom. The van der Waals surface area contributed by atoms with Gasteiger partial charge in [0, 0.05) is 23.0 Å². The van der Waals surface area contributed by atoms with Crippen molar-refractivity contribution in [2.75, 3.05) is 13.6 Å². The minimum atomic E-state index is 0.0698. The first-order chi connectivity index (χ1) is 9.90. The van der Waals surface area contributed by atoms with Crippen molar-refractivity contribution < 1.29 is 4.42 Å². The van der Waals surface area contributed by atoms with Crippen LogP contribution in [-0.4, -0.2) is 24.0 Å². The largest absolute Gasteiger partial charge is 0.459 e. The molecule has 2 rings (SSSR count). The topological polar surface area (TPSA) is 28.4 Å². The molecule has 0 aliphatic heterocycles. The molecule has 21 heavy (non-hydrogen) atoms. The number of para-hydroxylation sites is 1. The minimum Gasteiger partial charge on any atom is -0.459 e. The van der Waals surface area contributed by atoms with Crippen LogP contribution in [0.25, 0.3) is 11.0 Å². The lowest BCUT2D eigenvalue weighted by molar-refractivity contribution is 0.328. The molecule has 1 heterocycles. The normalized spacial score (nSPS) is 12.0. The van der Waals surface area contributed by atoms with Gasteiger partial charge in [-0.25, -0.2) is 0 Å². The third kappa shape index (κ3) is 4.10. The van der Waals surface area contributed by atoms with Gasteiger partial charge in [-0.15, -0.1) is 6.42 Å². The number of rotatable bonds is 5. The molecule has 1 aromatic carbocycles. The monoisotopic (exact) mass is 284 g/mol. The molecule has 112 valence electrons. The van der Waals surface area contributed by atoms with E-state index in [1.165, 1.54) is 10.9 Å². The van der Waals surface area contributed by atoms with Gasteiger partial charge < -0.3 is 9.73 Å². The van der Waals surface area contributed by atoms with Crippen LogP contribution in [0.15, 0.2) is 28.7 Å². The lowest BCUT2D eigenvalue weighted by atomic mass is 10.1. The van der Waals surface area contributed by atoms with Crippen LogP contribution in [0.3, 0.4) is 0 Å². The molecule has 0 spiro atoms. The second kappa shape index (κ2) is 6.34. The van der Waals surface area contributed by atoms with Gasteiger partial charge in [0.05, 0.1) is 13.1 Å². The Morgan fingerprint density at radius 2 is 2.00 bits per heavy atom. The fourth-order valence-corrected chi connectivity index (χ4v) is 2.28. The van der Waals surface area contributed by atoms with Crippen molar-refractivity contribution in [2.24, 2.45) is 0 Å². The highest BCUT2D eigenvalue weighted by Gasteiger charge is 2.17. The van der Waals surface area contributed by atoms with Gasteiger partial charge in [0.2, 0.25) is 0 Å². The van der Waals surface area contributed by atoms with Crippen molar-refractivity contribution in [3.05, 3.63) is 35.6 Å². The van der Waals surface area contributed by atoms with Crippen molar-refractivity contribution in [2.45, 2.75) is 39.4 Å². The summed E-state index contributed by atoms with van der Waals surface area (Å²) in [5.41, 5.74) is 2.23. The molecule has 0 amide bonds. The maximum atomic E-state index is 6.03. The van der Waals surface area contributed by atoms with E-state index >= 15 is 0 Å².